The van der Waals surface area contributed by atoms with Gasteiger partial charge in [0, 0.05) is 68.8 Å². The molecular formula is C65H69N9O11. The molecule has 11 aromatic rings. The van der Waals surface area contributed by atoms with Crippen LogP contribution in [0.4, 0.5) is 0 Å². The first kappa shape index (κ1) is 60.0. The number of aromatic amines is 1. The molecule has 6 aromatic carbocycles. The minimum Gasteiger partial charge on any atom is -0.490 e. The van der Waals surface area contributed by atoms with E-state index >= 15 is 0 Å². The molecule has 85 heavy (non-hydrogen) atoms. The van der Waals surface area contributed by atoms with E-state index in [2.05, 4.69) is 70.0 Å². The Hall–Kier alpha value is -9.63. The predicted molar refractivity (Wildman–Crippen MR) is 324 cm³/mol. The van der Waals surface area contributed by atoms with Crippen LogP contribution in [0, 0.1) is 0 Å². The van der Waals surface area contributed by atoms with Gasteiger partial charge in [-0.1, -0.05) is 64.0 Å². The zero-order chi connectivity index (χ0) is 59.7. The molecule has 0 saturated heterocycles. The Bertz CT molecular complexity index is 3930. The first-order valence-electron chi connectivity index (χ1n) is 28.2. The van der Waals surface area contributed by atoms with Gasteiger partial charge >= 0.3 is 0 Å². The van der Waals surface area contributed by atoms with Gasteiger partial charge in [0.1, 0.15) is 0 Å². The quantitative estimate of drug-likeness (QED) is 0.0464. The highest BCUT2D eigenvalue weighted by Crippen LogP contribution is 2.37. The second-order valence-electron chi connectivity index (χ2n) is 19.5. The van der Waals surface area contributed by atoms with E-state index in [-0.39, 0.29) is 18.8 Å². The zero-order valence-corrected chi connectivity index (χ0v) is 48.8. The number of rotatable bonds is 23. The first-order chi connectivity index (χ1) is 41.5. The second kappa shape index (κ2) is 28.6. The van der Waals surface area contributed by atoms with Gasteiger partial charge in [-0.3, -0.25) is 4.98 Å². The van der Waals surface area contributed by atoms with Crippen LogP contribution in [0.3, 0.4) is 0 Å². The third kappa shape index (κ3) is 14.8. The minimum atomic E-state index is -0.385. The van der Waals surface area contributed by atoms with E-state index in [4.69, 9.17) is 47.1 Å². The van der Waals surface area contributed by atoms with Gasteiger partial charge < -0.3 is 62.5 Å². The number of nitrogens with one attached hydrogen (secondary N) is 2. The lowest BCUT2D eigenvalue weighted by atomic mass is 10.0. The van der Waals surface area contributed by atoms with E-state index in [1.165, 1.54) is 5.39 Å². The van der Waals surface area contributed by atoms with E-state index in [9.17, 15) is 5.11 Å². The highest BCUT2D eigenvalue weighted by molar-refractivity contribution is 5.96. The van der Waals surface area contributed by atoms with Crippen molar-refractivity contribution < 1.29 is 52.2 Å². The maximum atomic E-state index is 9.56. The molecule has 20 nitrogen and oxygen atoms in total. The van der Waals surface area contributed by atoms with Crippen molar-refractivity contribution in [2.45, 2.75) is 74.1 Å². The standard InChI is InChI=1S/C25H30N4O4.C22H20N2O3.C18H19N3O4/c1-5-31-20-11-10-16(12-21(20)32-6-2)24-28-23(29-33-24)18-8-7-9-19-22(18)17(13-26-19)14-27-25(3,4)15-30;1-3-25-19-12-11-18(14-20(19)26-4-2)22-23-21(24-27-22)17-10-9-15-7-5-6-8-16(15)13-17;1-3-23-15-8-6-12(9-16(15)24-4-2)18-20-17(21-25-18)13-5-7-14(11-22)19-10-13/h7-13,26-27,30H,5-6,14-15H2,1-4H3;5-14H,3-4H2,1-2H3;5-10,22H,3-4,11H2,1-2H3. The van der Waals surface area contributed by atoms with Gasteiger partial charge in [-0.25, -0.2) is 0 Å². The average molecular weight is 1150 g/mol. The van der Waals surface area contributed by atoms with E-state index in [0.717, 1.165) is 49.7 Å². The third-order valence-electron chi connectivity index (χ3n) is 13.1. The third-order valence-corrected chi connectivity index (χ3v) is 13.1. The van der Waals surface area contributed by atoms with Gasteiger partial charge in [0.05, 0.1) is 58.5 Å². The lowest BCUT2D eigenvalue weighted by Crippen LogP contribution is -2.42. The molecule has 0 unspecified atom stereocenters. The molecule has 440 valence electrons. The normalized spacial score (nSPS) is 11.2. The number of aliphatic hydroxyl groups is 2. The number of fused-ring (bicyclic) bond motifs is 2. The minimum absolute atomic E-state index is 0.0439. The Morgan fingerprint density at radius 1 is 0.482 bits per heavy atom. The summed E-state index contributed by atoms with van der Waals surface area (Å²) >= 11 is 0. The van der Waals surface area contributed by atoms with Gasteiger partial charge in [-0.05, 0) is 151 Å². The summed E-state index contributed by atoms with van der Waals surface area (Å²) in [6, 6.07) is 40.5. The predicted octanol–water partition coefficient (Wildman–Crippen LogP) is 13.0. The van der Waals surface area contributed by atoms with Crippen molar-refractivity contribution in [1.82, 2.24) is 45.7 Å². The van der Waals surface area contributed by atoms with E-state index in [1.807, 2.05) is 153 Å². The number of aliphatic hydroxyl groups excluding tert-OH is 2. The van der Waals surface area contributed by atoms with E-state index < -0.39 is 0 Å². The molecule has 0 aliphatic rings. The first-order valence-corrected chi connectivity index (χ1v) is 28.2. The molecule has 0 saturated carbocycles. The summed E-state index contributed by atoms with van der Waals surface area (Å²) in [4.78, 5) is 21.1. The van der Waals surface area contributed by atoms with Crippen molar-refractivity contribution in [3.63, 3.8) is 0 Å². The lowest BCUT2D eigenvalue weighted by molar-refractivity contribution is 0.187. The summed E-state index contributed by atoms with van der Waals surface area (Å²) in [5.74, 6) is 6.74. The summed E-state index contributed by atoms with van der Waals surface area (Å²) in [6.45, 7) is 19.3. The molecule has 0 aliphatic carbocycles. The van der Waals surface area contributed by atoms with Gasteiger partial charge in [0.25, 0.3) is 17.7 Å². The zero-order valence-electron chi connectivity index (χ0n) is 48.8. The molecule has 20 heteroatoms. The van der Waals surface area contributed by atoms with Gasteiger partial charge in [-0.15, -0.1) is 0 Å². The van der Waals surface area contributed by atoms with Gasteiger partial charge in [0.15, 0.2) is 34.5 Å². The van der Waals surface area contributed by atoms with Crippen LogP contribution in [0.25, 0.3) is 90.2 Å². The number of nitrogens with zero attached hydrogens (tertiary/aromatic N) is 7. The summed E-state index contributed by atoms with van der Waals surface area (Å²) in [7, 11) is 0. The maximum Gasteiger partial charge on any atom is 0.258 e. The number of hydrogen-bond acceptors (Lipinski definition) is 19. The van der Waals surface area contributed by atoms with E-state index in [1.54, 1.807) is 18.3 Å². The summed E-state index contributed by atoms with van der Waals surface area (Å²) in [6.07, 6.45) is 3.57. The molecule has 11 rings (SSSR count). The fourth-order valence-corrected chi connectivity index (χ4v) is 8.87. The van der Waals surface area contributed by atoms with Crippen LogP contribution in [-0.2, 0) is 13.2 Å². The fraction of sp³-hybridized carbons (Fsp3) is 0.277. The largest absolute Gasteiger partial charge is 0.490 e. The maximum absolute atomic E-state index is 9.56. The molecule has 0 radical (unpaired) electrons. The Labute approximate surface area is 492 Å². The molecule has 0 atom stereocenters. The Morgan fingerprint density at radius 3 is 1.45 bits per heavy atom. The topological polar surface area (TPSA) is 253 Å². The number of ether oxygens (including phenoxy) is 6. The van der Waals surface area contributed by atoms with Crippen LogP contribution in [0.2, 0.25) is 0 Å². The number of hydrogen-bond donors (Lipinski definition) is 4. The summed E-state index contributed by atoms with van der Waals surface area (Å²) in [5.41, 5.74) is 7.04. The van der Waals surface area contributed by atoms with Crippen molar-refractivity contribution in [3.8, 4) is 103 Å². The highest BCUT2D eigenvalue weighted by atomic mass is 16.5. The molecule has 5 heterocycles. The molecule has 4 N–H and O–H groups in total. The molecule has 5 aromatic heterocycles. The summed E-state index contributed by atoms with van der Waals surface area (Å²) < 4.78 is 50.3. The van der Waals surface area contributed by atoms with Crippen molar-refractivity contribution in [3.05, 3.63) is 151 Å². The van der Waals surface area contributed by atoms with Crippen molar-refractivity contribution in [1.29, 1.82) is 0 Å². The van der Waals surface area contributed by atoms with Crippen molar-refractivity contribution >= 4 is 21.7 Å². The number of benzene rings is 6. The lowest BCUT2D eigenvalue weighted by Gasteiger charge is -2.23. The van der Waals surface area contributed by atoms with Crippen LogP contribution in [0.1, 0.15) is 66.6 Å². The summed E-state index contributed by atoms with van der Waals surface area (Å²) in [5, 5.41) is 37.7. The molecule has 0 fully saturated rings. The van der Waals surface area contributed by atoms with Crippen molar-refractivity contribution in [2.75, 3.05) is 46.2 Å². The number of pyridine rings is 1. The Kier molecular flexibility index (Phi) is 20.2. The van der Waals surface area contributed by atoms with E-state index in [0.29, 0.717) is 127 Å². The monoisotopic (exact) mass is 1150 g/mol. The molecule has 0 bridgehead atoms. The SMILES string of the molecule is CCOc1ccc(-c2nc(-c3ccc(CO)nc3)no2)cc1OCC.CCOc1ccc(-c2nc(-c3ccc4ccccc4c3)no2)cc1OCC.CCOc1ccc(-c2nc(-c3cccc4[nH]cc(CNC(C)(C)CO)c34)no2)cc1OCC. The Balaban J connectivity index is 0.000000154. The average Bonchev–Trinajstić information content (AvgIpc) is 4.04. The molecule has 0 spiro atoms. The van der Waals surface area contributed by atoms with Gasteiger partial charge in [0.2, 0.25) is 17.5 Å². The highest BCUT2D eigenvalue weighted by Gasteiger charge is 2.21. The number of H-pyrrole nitrogens is 1. The van der Waals surface area contributed by atoms with Crippen molar-refractivity contribution in [2.24, 2.45) is 0 Å². The van der Waals surface area contributed by atoms with Crippen LogP contribution in [-0.4, -0.2) is 102 Å². The second-order valence-corrected chi connectivity index (χ2v) is 19.5. The van der Waals surface area contributed by atoms with Crippen LogP contribution >= 0.6 is 0 Å². The molecule has 0 amide bonds. The molecule has 0 aliphatic heterocycles. The molecular weight excluding hydrogens is 1080 g/mol. The van der Waals surface area contributed by atoms with Crippen LogP contribution in [0.15, 0.2) is 153 Å². The van der Waals surface area contributed by atoms with Crippen LogP contribution < -0.4 is 33.7 Å². The Morgan fingerprint density at radius 2 is 0.953 bits per heavy atom. The number of aromatic nitrogens is 8. The fourth-order valence-electron chi connectivity index (χ4n) is 8.87. The smallest absolute Gasteiger partial charge is 0.258 e. The van der Waals surface area contributed by atoms with Gasteiger partial charge in [-0.2, -0.15) is 15.0 Å². The van der Waals surface area contributed by atoms with Crippen LogP contribution in [0.5, 0.6) is 34.5 Å².